The predicted octanol–water partition coefficient (Wildman–Crippen LogP) is 3.57. The number of hydrogen-bond acceptors (Lipinski definition) is 2. The Balaban J connectivity index is 2.02. The van der Waals surface area contributed by atoms with Crippen LogP contribution in [0.25, 0.3) is 11.0 Å². The van der Waals surface area contributed by atoms with E-state index in [0.29, 0.717) is 0 Å². The van der Waals surface area contributed by atoms with Gasteiger partial charge in [0.05, 0.1) is 11.0 Å². The SMILES string of the molecule is CCCC(CCN)CCc1nc2c(C)cccc2[nH]1. The summed E-state index contributed by atoms with van der Waals surface area (Å²) in [5.74, 6) is 1.85. The molecule has 19 heavy (non-hydrogen) atoms. The molecule has 0 saturated heterocycles. The molecule has 1 heterocycles. The summed E-state index contributed by atoms with van der Waals surface area (Å²) in [5.41, 5.74) is 9.20. The second-order valence-electron chi connectivity index (χ2n) is 5.43. The van der Waals surface area contributed by atoms with E-state index in [0.717, 1.165) is 42.2 Å². The molecule has 0 saturated carbocycles. The van der Waals surface area contributed by atoms with E-state index in [9.17, 15) is 0 Å². The zero-order valence-corrected chi connectivity index (χ0v) is 12.1. The van der Waals surface area contributed by atoms with Gasteiger partial charge in [0, 0.05) is 6.42 Å². The van der Waals surface area contributed by atoms with E-state index in [1.165, 1.54) is 24.8 Å². The Morgan fingerprint density at radius 3 is 2.79 bits per heavy atom. The van der Waals surface area contributed by atoms with Crippen molar-refractivity contribution in [2.45, 2.75) is 46.0 Å². The molecule has 0 aliphatic carbocycles. The minimum atomic E-state index is 0.740. The molecule has 2 aromatic rings. The fraction of sp³-hybridized carbons (Fsp3) is 0.562. The third-order valence-corrected chi connectivity index (χ3v) is 3.82. The average molecular weight is 259 g/mol. The Bertz CT molecular complexity index is 510. The van der Waals surface area contributed by atoms with Crippen LogP contribution in [0.3, 0.4) is 0 Å². The van der Waals surface area contributed by atoms with Crippen LogP contribution in [0.2, 0.25) is 0 Å². The van der Waals surface area contributed by atoms with Crippen molar-refractivity contribution in [3.05, 3.63) is 29.6 Å². The Morgan fingerprint density at radius 1 is 1.26 bits per heavy atom. The monoisotopic (exact) mass is 259 g/mol. The number of nitrogens with two attached hydrogens (primary N) is 1. The molecule has 3 nitrogen and oxygen atoms in total. The molecule has 104 valence electrons. The minimum absolute atomic E-state index is 0.740. The highest BCUT2D eigenvalue weighted by atomic mass is 14.9. The molecule has 0 radical (unpaired) electrons. The first kappa shape index (κ1) is 14.1. The maximum atomic E-state index is 5.69. The molecule has 1 aromatic heterocycles. The lowest BCUT2D eigenvalue weighted by Gasteiger charge is -2.13. The van der Waals surface area contributed by atoms with Crippen molar-refractivity contribution in [2.75, 3.05) is 6.54 Å². The number of aromatic nitrogens is 2. The molecular formula is C16H25N3. The number of para-hydroxylation sites is 1. The summed E-state index contributed by atoms with van der Waals surface area (Å²) < 4.78 is 0. The molecule has 3 N–H and O–H groups in total. The Morgan fingerprint density at radius 2 is 2.11 bits per heavy atom. The van der Waals surface area contributed by atoms with Crippen molar-refractivity contribution in [3.8, 4) is 0 Å². The van der Waals surface area contributed by atoms with Gasteiger partial charge in [-0.15, -0.1) is 0 Å². The van der Waals surface area contributed by atoms with Crippen LogP contribution in [0.5, 0.6) is 0 Å². The van der Waals surface area contributed by atoms with Crippen LogP contribution in [0.15, 0.2) is 18.2 Å². The number of benzene rings is 1. The Hall–Kier alpha value is -1.35. The summed E-state index contributed by atoms with van der Waals surface area (Å²) in [7, 11) is 0. The molecule has 0 aliphatic heterocycles. The highest BCUT2D eigenvalue weighted by Gasteiger charge is 2.10. The second kappa shape index (κ2) is 6.71. The molecule has 1 atom stereocenters. The van der Waals surface area contributed by atoms with Crippen LogP contribution in [0.4, 0.5) is 0 Å². The number of imidazole rings is 1. The molecule has 0 spiro atoms. The first-order valence-electron chi connectivity index (χ1n) is 7.38. The zero-order valence-electron chi connectivity index (χ0n) is 12.1. The summed E-state index contributed by atoms with van der Waals surface area (Å²) >= 11 is 0. The molecule has 0 amide bonds. The van der Waals surface area contributed by atoms with E-state index in [-0.39, 0.29) is 0 Å². The first-order chi connectivity index (χ1) is 9.24. The van der Waals surface area contributed by atoms with Crippen LogP contribution >= 0.6 is 0 Å². The van der Waals surface area contributed by atoms with Crippen LogP contribution < -0.4 is 5.73 Å². The third kappa shape index (κ3) is 3.57. The lowest BCUT2D eigenvalue weighted by molar-refractivity contribution is 0.418. The van der Waals surface area contributed by atoms with Crippen LogP contribution in [-0.2, 0) is 6.42 Å². The highest BCUT2D eigenvalue weighted by molar-refractivity contribution is 5.78. The number of aromatic amines is 1. The van der Waals surface area contributed by atoms with Crippen molar-refractivity contribution in [3.63, 3.8) is 0 Å². The van der Waals surface area contributed by atoms with Crippen LogP contribution in [0, 0.1) is 12.8 Å². The minimum Gasteiger partial charge on any atom is -0.342 e. The molecule has 0 aliphatic rings. The molecule has 1 aromatic carbocycles. The van der Waals surface area contributed by atoms with E-state index in [2.05, 4.69) is 37.0 Å². The van der Waals surface area contributed by atoms with Gasteiger partial charge in [-0.05, 0) is 43.9 Å². The van der Waals surface area contributed by atoms with Gasteiger partial charge in [0.2, 0.25) is 0 Å². The normalized spacial score (nSPS) is 13.0. The quantitative estimate of drug-likeness (QED) is 0.798. The predicted molar refractivity (Wildman–Crippen MR) is 81.2 cm³/mol. The molecule has 0 bridgehead atoms. The largest absolute Gasteiger partial charge is 0.342 e. The average Bonchev–Trinajstić information content (AvgIpc) is 2.81. The van der Waals surface area contributed by atoms with E-state index >= 15 is 0 Å². The Labute approximate surface area is 115 Å². The summed E-state index contributed by atoms with van der Waals surface area (Å²) in [6.45, 7) is 5.15. The standard InChI is InChI=1S/C16H25N3/c1-3-5-13(10-11-17)8-9-15-18-14-7-4-6-12(2)16(14)19-15/h4,6-7,13H,3,5,8-11,17H2,1-2H3,(H,18,19). The summed E-state index contributed by atoms with van der Waals surface area (Å²) in [4.78, 5) is 8.15. The lowest BCUT2D eigenvalue weighted by Crippen LogP contribution is -2.10. The van der Waals surface area contributed by atoms with Crippen molar-refractivity contribution in [2.24, 2.45) is 11.7 Å². The molecule has 0 fully saturated rings. The number of fused-ring (bicyclic) bond motifs is 1. The van der Waals surface area contributed by atoms with Gasteiger partial charge in [0.25, 0.3) is 0 Å². The fourth-order valence-electron chi connectivity index (χ4n) is 2.76. The van der Waals surface area contributed by atoms with Gasteiger partial charge >= 0.3 is 0 Å². The number of aryl methyl sites for hydroxylation is 2. The molecule has 2 rings (SSSR count). The smallest absolute Gasteiger partial charge is 0.107 e. The molecular weight excluding hydrogens is 234 g/mol. The van der Waals surface area contributed by atoms with E-state index in [1.54, 1.807) is 0 Å². The van der Waals surface area contributed by atoms with Gasteiger partial charge in [0.15, 0.2) is 0 Å². The van der Waals surface area contributed by atoms with Gasteiger partial charge < -0.3 is 10.7 Å². The highest BCUT2D eigenvalue weighted by Crippen LogP contribution is 2.20. The van der Waals surface area contributed by atoms with Gasteiger partial charge in [-0.25, -0.2) is 4.98 Å². The topological polar surface area (TPSA) is 54.7 Å². The maximum Gasteiger partial charge on any atom is 0.107 e. The van der Waals surface area contributed by atoms with Gasteiger partial charge in [-0.1, -0.05) is 31.9 Å². The van der Waals surface area contributed by atoms with Gasteiger partial charge in [-0.2, -0.15) is 0 Å². The number of nitrogens with one attached hydrogen (secondary N) is 1. The first-order valence-corrected chi connectivity index (χ1v) is 7.38. The third-order valence-electron chi connectivity index (χ3n) is 3.82. The maximum absolute atomic E-state index is 5.69. The van der Waals surface area contributed by atoms with Crippen molar-refractivity contribution < 1.29 is 0 Å². The molecule has 1 unspecified atom stereocenters. The van der Waals surface area contributed by atoms with Crippen LogP contribution in [-0.4, -0.2) is 16.5 Å². The van der Waals surface area contributed by atoms with Gasteiger partial charge in [0.1, 0.15) is 5.82 Å². The number of nitrogens with zero attached hydrogens (tertiary/aromatic N) is 1. The number of hydrogen-bond donors (Lipinski definition) is 2. The summed E-state index contributed by atoms with van der Waals surface area (Å²) in [6, 6.07) is 6.29. The number of rotatable bonds is 7. The van der Waals surface area contributed by atoms with Gasteiger partial charge in [-0.3, -0.25) is 0 Å². The van der Waals surface area contributed by atoms with Crippen molar-refractivity contribution in [1.82, 2.24) is 9.97 Å². The fourth-order valence-corrected chi connectivity index (χ4v) is 2.76. The summed E-state index contributed by atoms with van der Waals surface area (Å²) in [5, 5.41) is 0. The van der Waals surface area contributed by atoms with E-state index in [4.69, 9.17) is 10.7 Å². The zero-order chi connectivity index (χ0) is 13.7. The Kier molecular flexibility index (Phi) is 4.97. The second-order valence-corrected chi connectivity index (χ2v) is 5.43. The van der Waals surface area contributed by atoms with E-state index < -0.39 is 0 Å². The van der Waals surface area contributed by atoms with Crippen LogP contribution in [0.1, 0.15) is 44.0 Å². The van der Waals surface area contributed by atoms with Crippen molar-refractivity contribution >= 4 is 11.0 Å². The number of H-pyrrole nitrogens is 1. The van der Waals surface area contributed by atoms with Crippen molar-refractivity contribution in [1.29, 1.82) is 0 Å². The molecule has 3 heteroatoms. The van der Waals surface area contributed by atoms with E-state index in [1.807, 2.05) is 0 Å². The summed E-state index contributed by atoms with van der Waals surface area (Å²) in [6.07, 6.45) is 5.86. The lowest BCUT2D eigenvalue weighted by atomic mass is 9.94.